The Labute approximate surface area is 126 Å². The fraction of sp³-hybridized carbons (Fsp3) is 0.412. The molecule has 4 nitrogen and oxygen atoms in total. The predicted molar refractivity (Wildman–Crippen MR) is 85.9 cm³/mol. The highest BCUT2D eigenvalue weighted by atomic mass is 16.2. The minimum atomic E-state index is -0.247. The molecule has 0 radical (unpaired) electrons. The van der Waals surface area contributed by atoms with E-state index in [1.54, 1.807) is 0 Å². The number of hydrogen-bond donors (Lipinski definition) is 2. The van der Waals surface area contributed by atoms with Gasteiger partial charge >= 0.3 is 0 Å². The second-order valence-electron chi connectivity index (χ2n) is 6.36. The molecular weight excluding hydrogens is 262 g/mol. The van der Waals surface area contributed by atoms with E-state index in [9.17, 15) is 4.79 Å². The Morgan fingerprint density at radius 3 is 2.67 bits per heavy atom. The van der Waals surface area contributed by atoms with Crippen molar-refractivity contribution in [1.29, 1.82) is 0 Å². The summed E-state index contributed by atoms with van der Waals surface area (Å²) in [6.45, 7) is 8.43. The van der Waals surface area contributed by atoms with E-state index in [4.69, 9.17) is 0 Å². The summed E-state index contributed by atoms with van der Waals surface area (Å²) in [7, 11) is 0. The Morgan fingerprint density at radius 1 is 1.24 bits per heavy atom. The maximum Gasteiger partial charge on any atom is 0.237 e. The summed E-state index contributed by atoms with van der Waals surface area (Å²) in [4.78, 5) is 16.3. The summed E-state index contributed by atoms with van der Waals surface area (Å²) in [6.07, 6.45) is 3.71. The van der Waals surface area contributed by atoms with Crippen molar-refractivity contribution in [2.75, 3.05) is 0 Å². The van der Waals surface area contributed by atoms with Crippen LogP contribution in [0.15, 0.2) is 36.7 Å². The summed E-state index contributed by atoms with van der Waals surface area (Å²) in [5.74, 6) is 0.00990. The average molecular weight is 285 g/mol. The van der Waals surface area contributed by atoms with Gasteiger partial charge in [0.25, 0.3) is 0 Å². The van der Waals surface area contributed by atoms with Gasteiger partial charge in [0, 0.05) is 29.9 Å². The van der Waals surface area contributed by atoms with Crippen LogP contribution in [0, 0.1) is 0 Å². The molecule has 1 atom stereocenters. The zero-order valence-corrected chi connectivity index (χ0v) is 13.1. The maximum absolute atomic E-state index is 12.1. The maximum atomic E-state index is 12.1. The highest BCUT2D eigenvalue weighted by molar-refractivity contribution is 5.85. The van der Waals surface area contributed by atoms with Gasteiger partial charge in [0.1, 0.15) is 0 Å². The zero-order chi connectivity index (χ0) is 15.5. The molecule has 1 unspecified atom stereocenters. The molecule has 1 aromatic carbocycles. The number of benzene rings is 1. The summed E-state index contributed by atoms with van der Waals surface area (Å²) in [5, 5.41) is 8.52. The second kappa shape index (κ2) is 6.22. The molecule has 2 rings (SSSR count). The molecule has 1 aromatic heterocycles. The molecule has 0 spiro atoms. The SMILES string of the molecule is CC(NCc1cncc2ccccc12)C(=O)NC(C)(C)C. The van der Waals surface area contributed by atoms with Gasteiger partial charge in [-0.05, 0) is 38.6 Å². The number of rotatable bonds is 4. The summed E-state index contributed by atoms with van der Waals surface area (Å²) in [6, 6.07) is 7.89. The standard InChI is InChI=1S/C17H23N3O/c1-12(16(21)20-17(2,3)4)19-11-14-10-18-9-13-7-5-6-8-15(13)14/h5-10,12,19H,11H2,1-4H3,(H,20,21). The van der Waals surface area contributed by atoms with Crippen molar-refractivity contribution in [3.8, 4) is 0 Å². The Hall–Kier alpha value is -1.94. The number of carbonyl (C=O) groups excluding carboxylic acids is 1. The number of aromatic nitrogens is 1. The van der Waals surface area contributed by atoms with E-state index in [-0.39, 0.29) is 17.5 Å². The van der Waals surface area contributed by atoms with Crippen molar-refractivity contribution in [3.05, 3.63) is 42.2 Å². The molecule has 4 heteroatoms. The number of nitrogens with zero attached hydrogens (tertiary/aromatic N) is 1. The smallest absolute Gasteiger partial charge is 0.237 e. The van der Waals surface area contributed by atoms with Gasteiger partial charge in [-0.1, -0.05) is 24.3 Å². The van der Waals surface area contributed by atoms with Crippen LogP contribution in [-0.2, 0) is 11.3 Å². The van der Waals surface area contributed by atoms with E-state index in [1.165, 1.54) is 5.39 Å². The quantitative estimate of drug-likeness (QED) is 0.908. The largest absolute Gasteiger partial charge is 0.350 e. The van der Waals surface area contributed by atoms with Crippen molar-refractivity contribution in [2.45, 2.75) is 45.8 Å². The zero-order valence-electron chi connectivity index (χ0n) is 13.1. The van der Waals surface area contributed by atoms with Crippen LogP contribution in [0.5, 0.6) is 0 Å². The molecule has 2 aromatic rings. The molecule has 21 heavy (non-hydrogen) atoms. The van der Waals surface area contributed by atoms with E-state index in [2.05, 4.69) is 21.7 Å². The number of pyridine rings is 1. The number of carbonyl (C=O) groups is 1. The van der Waals surface area contributed by atoms with Crippen molar-refractivity contribution >= 4 is 16.7 Å². The first-order valence-electron chi connectivity index (χ1n) is 7.24. The van der Waals surface area contributed by atoms with E-state index in [0.29, 0.717) is 6.54 Å². The van der Waals surface area contributed by atoms with Gasteiger partial charge in [0.2, 0.25) is 5.91 Å². The van der Waals surface area contributed by atoms with Gasteiger partial charge in [-0.15, -0.1) is 0 Å². The third-order valence-electron chi connectivity index (χ3n) is 3.24. The fourth-order valence-corrected chi connectivity index (χ4v) is 2.15. The predicted octanol–water partition coefficient (Wildman–Crippen LogP) is 2.63. The first-order chi connectivity index (χ1) is 9.87. The molecule has 1 amide bonds. The van der Waals surface area contributed by atoms with E-state index in [0.717, 1.165) is 10.9 Å². The van der Waals surface area contributed by atoms with Crippen LogP contribution in [0.3, 0.4) is 0 Å². The van der Waals surface area contributed by atoms with Crippen molar-refractivity contribution in [1.82, 2.24) is 15.6 Å². The van der Waals surface area contributed by atoms with Crippen LogP contribution >= 0.6 is 0 Å². The molecular formula is C17H23N3O. The Bertz CT molecular complexity index is 626. The summed E-state index contributed by atoms with van der Waals surface area (Å²) in [5.41, 5.74) is 0.886. The van der Waals surface area contributed by atoms with Gasteiger partial charge in [-0.25, -0.2) is 0 Å². The number of nitrogens with one attached hydrogen (secondary N) is 2. The molecule has 112 valence electrons. The molecule has 0 aliphatic rings. The van der Waals surface area contributed by atoms with Gasteiger partial charge in [0.05, 0.1) is 6.04 Å². The van der Waals surface area contributed by atoms with Gasteiger partial charge in [0.15, 0.2) is 0 Å². The van der Waals surface area contributed by atoms with Crippen LogP contribution in [0.25, 0.3) is 10.8 Å². The lowest BCUT2D eigenvalue weighted by Crippen LogP contribution is -2.49. The second-order valence-corrected chi connectivity index (χ2v) is 6.36. The van der Waals surface area contributed by atoms with Crippen LogP contribution in [-0.4, -0.2) is 22.5 Å². The van der Waals surface area contributed by atoms with Gasteiger partial charge in [-0.3, -0.25) is 9.78 Å². The van der Waals surface area contributed by atoms with Gasteiger partial charge in [-0.2, -0.15) is 0 Å². The Kier molecular flexibility index (Phi) is 4.58. The fourth-order valence-electron chi connectivity index (χ4n) is 2.15. The number of fused-ring (bicyclic) bond motifs is 1. The Morgan fingerprint density at radius 2 is 1.95 bits per heavy atom. The van der Waals surface area contributed by atoms with Crippen molar-refractivity contribution < 1.29 is 4.79 Å². The van der Waals surface area contributed by atoms with Crippen LogP contribution in [0.1, 0.15) is 33.3 Å². The topological polar surface area (TPSA) is 54.0 Å². The highest BCUT2D eigenvalue weighted by Gasteiger charge is 2.18. The van der Waals surface area contributed by atoms with Crippen LogP contribution in [0.4, 0.5) is 0 Å². The van der Waals surface area contributed by atoms with E-state index < -0.39 is 0 Å². The molecule has 0 saturated heterocycles. The van der Waals surface area contributed by atoms with E-state index in [1.807, 2.05) is 58.3 Å². The minimum absolute atomic E-state index is 0.00990. The number of hydrogen-bond acceptors (Lipinski definition) is 3. The molecule has 1 heterocycles. The molecule has 0 aliphatic carbocycles. The molecule has 0 fully saturated rings. The summed E-state index contributed by atoms with van der Waals surface area (Å²) < 4.78 is 0. The molecule has 0 aliphatic heterocycles. The molecule has 0 bridgehead atoms. The Balaban J connectivity index is 2.03. The van der Waals surface area contributed by atoms with Gasteiger partial charge < -0.3 is 10.6 Å². The lowest BCUT2D eigenvalue weighted by molar-refractivity contribution is -0.124. The lowest BCUT2D eigenvalue weighted by atomic mass is 10.1. The lowest BCUT2D eigenvalue weighted by Gasteiger charge is -2.23. The molecule has 0 saturated carbocycles. The highest BCUT2D eigenvalue weighted by Crippen LogP contribution is 2.16. The third kappa shape index (κ3) is 4.26. The first kappa shape index (κ1) is 15.4. The third-order valence-corrected chi connectivity index (χ3v) is 3.24. The number of amides is 1. The first-order valence-corrected chi connectivity index (χ1v) is 7.24. The van der Waals surface area contributed by atoms with Crippen molar-refractivity contribution in [3.63, 3.8) is 0 Å². The summed E-state index contributed by atoms with van der Waals surface area (Å²) >= 11 is 0. The van der Waals surface area contributed by atoms with Crippen LogP contribution < -0.4 is 10.6 Å². The van der Waals surface area contributed by atoms with Crippen molar-refractivity contribution in [2.24, 2.45) is 0 Å². The van der Waals surface area contributed by atoms with E-state index >= 15 is 0 Å². The monoisotopic (exact) mass is 285 g/mol. The molecule has 2 N–H and O–H groups in total. The normalized spacial score (nSPS) is 13.1. The minimum Gasteiger partial charge on any atom is -0.350 e. The van der Waals surface area contributed by atoms with Crippen LogP contribution in [0.2, 0.25) is 0 Å². The average Bonchev–Trinajstić information content (AvgIpc) is 2.42.